The maximum atomic E-state index is 13.8. The van der Waals surface area contributed by atoms with Crippen LogP contribution in [0.4, 0.5) is 4.79 Å². The summed E-state index contributed by atoms with van der Waals surface area (Å²) in [5.41, 5.74) is 7.99. The lowest BCUT2D eigenvalue weighted by molar-refractivity contribution is -0.207. The number of ether oxygens (including phenoxy) is 3. The number of aromatic amines is 2. The number of hydrogen-bond acceptors (Lipinski definition) is 9. The number of amides is 3. The molecule has 14 nitrogen and oxygen atoms in total. The molecule has 2 aromatic heterocycles. The SMILES string of the molecule is COC(=O)N[C@H](C(=O)N1CC(C)=C[C@H]1c1ncc(-c2ccc3cc(-c4ccc(-c5cnc([C@@H]6C=C(C)CN6C(=O)[C@H]6NC(C)(OC)OC6C)[nH]5)cc4)ccc3c2)[nH]1)C(C)C. The molecule has 0 bridgehead atoms. The zero-order valence-corrected chi connectivity index (χ0v) is 35.2. The Morgan fingerprint density at radius 2 is 1.33 bits per heavy atom. The smallest absolute Gasteiger partial charge is 0.407 e. The molecule has 5 heterocycles. The van der Waals surface area contributed by atoms with Gasteiger partial charge in [-0.2, -0.15) is 0 Å². The third-order valence-corrected chi connectivity index (χ3v) is 11.7. The van der Waals surface area contributed by atoms with Crippen molar-refractivity contribution >= 4 is 28.7 Å². The average Bonchev–Trinajstić information content (AvgIpc) is 4.10. The van der Waals surface area contributed by atoms with Gasteiger partial charge in [-0.3, -0.25) is 14.9 Å². The number of carbonyl (C=O) groups is 3. The van der Waals surface area contributed by atoms with Crippen LogP contribution in [0.5, 0.6) is 0 Å². The predicted octanol–water partition coefficient (Wildman–Crippen LogP) is 7.02. The molecular formula is C46H52N8O6. The summed E-state index contributed by atoms with van der Waals surface area (Å²) in [6.07, 6.45) is 6.74. The van der Waals surface area contributed by atoms with Crippen LogP contribution in [0.15, 0.2) is 96.4 Å². The van der Waals surface area contributed by atoms with Crippen molar-refractivity contribution in [3.05, 3.63) is 108 Å². The van der Waals surface area contributed by atoms with Crippen LogP contribution in [0.1, 0.15) is 65.3 Å². The van der Waals surface area contributed by atoms with E-state index in [1.807, 2.05) is 51.8 Å². The molecular weight excluding hydrogens is 761 g/mol. The highest BCUT2D eigenvalue weighted by atomic mass is 16.7. The molecule has 1 fully saturated rings. The maximum Gasteiger partial charge on any atom is 0.407 e. The van der Waals surface area contributed by atoms with Gasteiger partial charge >= 0.3 is 6.09 Å². The third kappa shape index (κ3) is 7.85. The monoisotopic (exact) mass is 812 g/mol. The summed E-state index contributed by atoms with van der Waals surface area (Å²) in [5.74, 6) is -0.0466. The van der Waals surface area contributed by atoms with Crippen LogP contribution >= 0.6 is 0 Å². The predicted molar refractivity (Wildman–Crippen MR) is 228 cm³/mol. The van der Waals surface area contributed by atoms with E-state index >= 15 is 0 Å². The van der Waals surface area contributed by atoms with Gasteiger partial charge in [0.15, 0.2) is 0 Å². The van der Waals surface area contributed by atoms with Gasteiger partial charge in [-0.15, -0.1) is 0 Å². The van der Waals surface area contributed by atoms with Gasteiger partial charge < -0.3 is 39.3 Å². The number of rotatable bonds is 10. The molecule has 0 radical (unpaired) electrons. The lowest BCUT2D eigenvalue weighted by Crippen LogP contribution is -2.51. The Kier molecular flexibility index (Phi) is 11.0. The van der Waals surface area contributed by atoms with Crippen LogP contribution in [-0.2, 0) is 23.8 Å². The second-order valence-corrected chi connectivity index (χ2v) is 16.5. The van der Waals surface area contributed by atoms with Gasteiger partial charge in [-0.05, 0) is 66.3 Å². The number of fused-ring (bicyclic) bond motifs is 1. The first kappa shape index (κ1) is 40.7. The minimum absolute atomic E-state index is 0.0627. The molecule has 3 aliphatic heterocycles. The maximum absolute atomic E-state index is 13.8. The lowest BCUT2D eigenvalue weighted by Gasteiger charge is -2.30. The van der Waals surface area contributed by atoms with Crippen molar-refractivity contribution in [2.45, 2.75) is 77.7 Å². The van der Waals surface area contributed by atoms with Gasteiger partial charge in [0.05, 0.1) is 37.0 Å². The number of hydrogen-bond donors (Lipinski definition) is 4. The van der Waals surface area contributed by atoms with Gasteiger partial charge in [0.1, 0.15) is 35.8 Å². The summed E-state index contributed by atoms with van der Waals surface area (Å²) in [4.78, 5) is 59.5. The highest BCUT2D eigenvalue weighted by Gasteiger charge is 2.47. The van der Waals surface area contributed by atoms with Gasteiger partial charge in [-0.25, -0.2) is 14.8 Å². The molecule has 3 aliphatic rings. The van der Waals surface area contributed by atoms with E-state index in [2.05, 4.69) is 87.3 Å². The fourth-order valence-electron chi connectivity index (χ4n) is 8.43. The van der Waals surface area contributed by atoms with E-state index < -0.39 is 24.1 Å². The Morgan fingerprint density at radius 3 is 1.92 bits per heavy atom. The molecule has 6 atom stereocenters. The van der Waals surface area contributed by atoms with E-state index in [0.717, 1.165) is 55.6 Å². The van der Waals surface area contributed by atoms with Crippen molar-refractivity contribution < 1.29 is 28.6 Å². The first-order valence-electron chi connectivity index (χ1n) is 20.3. The van der Waals surface area contributed by atoms with Gasteiger partial charge in [0.2, 0.25) is 17.7 Å². The molecule has 60 heavy (non-hydrogen) atoms. The summed E-state index contributed by atoms with van der Waals surface area (Å²) < 4.78 is 16.1. The molecule has 2 unspecified atom stereocenters. The summed E-state index contributed by atoms with van der Waals surface area (Å²) in [7, 11) is 2.84. The Bertz CT molecular complexity index is 2500. The molecule has 5 aromatic rings. The molecule has 0 saturated carbocycles. The second-order valence-electron chi connectivity index (χ2n) is 16.5. The highest BCUT2D eigenvalue weighted by Crippen LogP contribution is 2.35. The van der Waals surface area contributed by atoms with Gasteiger partial charge in [0, 0.05) is 32.7 Å². The topological polar surface area (TPSA) is 167 Å². The van der Waals surface area contributed by atoms with Crippen LogP contribution in [0.2, 0.25) is 0 Å². The van der Waals surface area contributed by atoms with Crippen molar-refractivity contribution in [3.63, 3.8) is 0 Å². The van der Waals surface area contributed by atoms with E-state index in [9.17, 15) is 14.4 Å². The van der Waals surface area contributed by atoms with E-state index in [1.165, 1.54) is 7.11 Å². The molecule has 14 heteroatoms. The van der Waals surface area contributed by atoms with E-state index in [1.54, 1.807) is 25.1 Å². The van der Waals surface area contributed by atoms with E-state index in [-0.39, 0.29) is 35.9 Å². The fraction of sp³-hybridized carbons (Fsp3) is 0.370. The quantitative estimate of drug-likeness (QED) is 0.108. The fourth-order valence-corrected chi connectivity index (χ4v) is 8.43. The molecule has 3 amide bonds. The van der Waals surface area contributed by atoms with Crippen LogP contribution in [0.25, 0.3) is 44.4 Å². The zero-order valence-electron chi connectivity index (χ0n) is 35.2. The van der Waals surface area contributed by atoms with E-state index in [0.29, 0.717) is 24.7 Å². The first-order chi connectivity index (χ1) is 28.7. The van der Waals surface area contributed by atoms with Gasteiger partial charge in [0.25, 0.3) is 0 Å². The minimum Gasteiger partial charge on any atom is -0.453 e. The number of carbonyl (C=O) groups excluding carboxylic acids is 3. The second kappa shape index (κ2) is 16.2. The first-order valence-corrected chi connectivity index (χ1v) is 20.3. The van der Waals surface area contributed by atoms with Crippen molar-refractivity contribution in [2.24, 2.45) is 5.92 Å². The number of alkyl carbamates (subject to hydrolysis) is 1. The standard InChI is InChI=1S/C46H52N8O6/c1-25(2)39(51-45(57)58-7)43(55)53-23-26(3)17-37(53)42-48-22-36(50-42)34-16-15-32-19-31(13-14-33(32)20-34)29-9-11-30(12-10-29)35-21-47-41(49-35)38-18-27(4)24-54(38)44(56)40-28(5)60-46(6,52-40)59-8/h9-22,25,28,37-40,52H,23-24H2,1-8H3,(H,47,49)(H,48,50)(H,51,57)/t28?,37-,38-,39-,40-,46?/m0/s1. The van der Waals surface area contributed by atoms with Crippen molar-refractivity contribution in [1.82, 2.24) is 40.4 Å². The summed E-state index contributed by atoms with van der Waals surface area (Å²) in [6.45, 7) is 12.4. The summed E-state index contributed by atoms with van der Waals surface area (Å²) >= 11 is 0. The van der Waals surface area contributed by atoms with Crippen molar-refractivity contribution in [2.75, 3.05) is 27.3 Å². The number of aromatic nitrogens is 4. The molecule has 312 valence electrons. The highest BCUT2D eigenvalue weighted by molar-refractivity contribution is 5.91. The lowest BCUT2D eigenvalue weighted by atomic mass is 9.98. The normalized spacial score (nSPS) is 23.3. The van der Waals surface area contributed by atoms with Crippen LogP contribution in [0.3, 0.4) is 0 Å². The molecule has 1 saturated heterocycles. The molecule has 0 spiro atoms. The molecule has 4 N–H and O–H groups in total. The molecule has 0 aliphatic carbocycles. The largest absolute Gasteiger partial charge is 0.453 e. The number of benzene rings is 3. The number of H-pyrrole nitrogens is 2. The Hall–Kier alpha value is -6.09. The van der Waals surface area contributed by atoms with E-state index in [4.69, 9.17) is 24.2 Å². The van der Waals surface area contributed by atoms with Crippen LogP contribution in [-0.4, -0.2) is 99.1 Å². The molecule has 8 rings (SSSR count). The van der Waals surface area contributed by atoms with Crippen LogP contribution in [0, 0.1) is 5.92 Å². The number of imidazole rings is 2. The Labute approximate surface area is 349 Å². The minimum atomic E-state index is -1.02. The molecule has 3 aromatic carbocycles. The van der Waals surface area contributed by atoms with Gasteiger partial charge in [-0.1, -0.05) is 85.7 Å². The number of nitrogens with zero attached hydrogens (tertiary/aromatic N) is 4. The summed E-state index contributed by atoms with van der Waals surface area (Å²) in [5, 5.41) is 8.09. The number of nitrogens with one attached hydrogen (secondary N) is 4. The average molecular weight is 813 g/mol. The Morgan fingerprint density at radius 1 is 0.800 bits per heavy atom. The Balaban J connectivity index is 0.953. The van der Waals surface area contributed by atoms with Crippen molar-refractivity contribution in [3.8, 4) is 33.6 Å². The van der Waals surface area contributed by atoms with Crippen molar-refractivity contribution in [1.29, 1.82) is 0 Å². The summed E-state index contributed by atoms with van der Waals surface area (Å²) in [6, 6.07) is 19.1. The third-order valence-electron chi connectivity index (χ3n) is 11.7. The van der Waals surface area contributed by atoms with Crippen LogP contribution < -0.4 is 10.6 Å². The number of methoxy groups -OCH3 is 2. The zero-order chi connectivity index (χ0) is 42.5.